The summed E-state index contributed by atoms with van der Waals surface area (Å²) in [7, 11) is -3.86. The van der Waals surface area contributed by atoms with Gasteiger partial charge in [0, 0.05) is 41.3 Å². The predicted molar refractivity (Wildman–Crippen MR) is 114 cm³/mol. The highest BCUT2D eigenvalue weighted by Crippen LogP contribution is 2.25. The number of hydrogen-bond acceptors (Lipinski definition) is 4. The zero-order chi connectivity index (χ0) is 20.9. The molecule has 3 aromatic rings. The monoisotopic (exact) mass is 431 g/mol. The van der Waals surface area contributed by atoms with Gasteiger partial charge in [0.15, 0.2) is 0 Å². The Morgan fingerprint density at radius 2 is 1.93 bits per heavy atom. The Bertz CT molecular complexity index is 1110. The van der Waals surface area contributed by atoms with Crippen LogP contribution in [0.2, 0.25) is 5.02 Å². The van der Waals surface area contributed by atoms with Crippen molar-refractivity contribution < 1.29 is 13.2 Å². The van der Waals surface area contributed by atoms with E-state index in [1.165, 1.54) is 4.31 Å². The molecule has 0 spiro atoms. The Balaban J connectivity index is 1.81. The molecular formula is C21H22ClN3O3S. The number of sulfonamides is 1. The van der Waals surface area contributed by atoms with Crippen molar-refractivity contribution in [1.29, 1.82) is 0 Å². The number of fused-ring (bicyclic) bond motifs is 1. The molecular weight excluding hydrogens is 410 g/mol. The first-order valence-electron chi connectivity index (χ1n) is 9.26. The first-order valence-corrected chi connectivity index (χ1v) is 11.1. The third-order valence-electron chi connectivity index (χ3n) is 4.49. The standard InChI is InChI=1S/C21H22ClN3O3S/c1-2-12-25(15-21(26)24-14-17-6-3-4-8-19(17)22)29(27,28)20-9-5-7-16-13-23-11-10-18(16)20/h3-11,13H,2,12,14-15H2,1H3,(H,24,26). The van der Waals surface area contributed by atoms with Gasteiger partial charge in [-0.3, -0.25) is 9.78 Å². The second kappa shape index (κ2) is 9.35. The van der Waals surface area contributed by atoms with E-state index in [9.17, 15) is 13.2 Å². The average Bonchev–Trinajstić information content (AvgIpc) is 2.72. The SMILES string of the molecule is CCCN(CC(=O)NCc1ccccc1Cl)S(=O)(=O)c1cccc2cnccc12. The van der Waals surface area contributed by atoms with Gasteiger partial charge in [-0.2, -0.15) is 4.31 Å². The van der Waals surface area contributed by atoms with Gasteiger partial charge in [-0.1, -0.05) is 48.9 Å². The molecule has 0 aliphatic heterocycles. The van der Waals surface area contributed by atoms with Crippen LogP contribution in [0.25, 0.3) is 10.8 Å². The number of amides is 1. The summed E-state index contributed by atoms with van der Waals surface area (Å²) in [5, 5.41) is 4.61. The van der Waals surface area contributed by atoms with Crippen molar-refractivity contribution in [3.63, 3.8) is 0 Å². The number of carbonyl (C=O) groups is 1. The molecule has 2 aromatic carbocycles. The lowest BCUT2D eigenvalue weighted by Crippen LogP contribution is -2.41. The topological polar surface area (TPSA) is 79.4 Å². The van der Waals surface area contributed by atoms with Crippen LogP contribution >= 0.6 is 11.6 Å². The van der Waals surface area contributed by atoms with Gasteiger partial charge in [0.1, 0.15) is 0 Å². The Hall–Kier alpha value is -2.48. The molecule has 0 atom stereocenters. The van der Waals surface area contributed by atoms with Crippen molar-refractivity contribution in [2.24, 2.45) is 0 Å². The summed E-state index contributed by atoms with van der Waals surface area (Å²) in [4.78, 5) is 16.7. The summed E-state index contributed by atoms with van der Waals surface area (Å²) in [6, 6.07) is 13.9. The molecule has 29 heavy (non-hydrogen) atoms. The lowest BCUT2D eigenvalue weighted by molar-refractivity contribution is -0.121. The van der Waals surface area contributed by atoms with Crippen molar-refractivity contribution in [2.75, 3.05) is 13.1 Å². The van der Waals surface area contributed by atoms with Crippen LogP contribution in [0.3, 0.4) is 0 Å². The second-order valence-corrected chi connectivity index (χ2v) is 8.87. The van der Waals surface area contributed by atoms with Crippen molar-refractivity contribution in [3.8, 4) is 0 Å². The van der Waals surface area contributed by atoms with Crippen molar-refractivity contribution in [3.05, 3.63) is 71.5 Å². The summed E-state index contributed by atoms with van der Waals surface area (Å²) < 4.78 is 27.8. The minimum absolute atomic E-state index is 0.171. The molecule has 0 unspecified atom stereocenters. The number of aromatic nitrogens is 1. The molecule has 3 rings (SSSR count). The van der Waals surface area contributed by atoms with Crippen LogP contribution in [0.1, 0.15) is 18.9 Å². The van der Waals surface area contributed by atoms with Gasteiger partial charge < -0.3 is 5.32 Å². The van der Waals surface area contributed by atoms with E-state index >= 15 is 0 Å². The summed E-state index contributed by atoms with van der Waals surface area (Å²) in [5.74, 6) is -0.385. The molecule has 0 radical (unpaired) electrons. The van der Waals surface area contributed by atoms with Gasteiger partial charge in [0.05, 0.1) is 11.4 Å². The summed E-state index contributed by atoms with van der Waals surface area (Å²) >= 11 is 6.11. The maximum absolute atomic E-state index is 13.3. The van der Waals surface area contributed by atoms with E-state index in [1.54, 1.807) is 36.7 Å². The van der Waals surface area contributed by atoms with Crippen LogP contribution in [0.4, 0.5) is 0 Å². The maximum atomic E-state index is 13.3. The molecule has 0 bridgehead atoms. The molecule has 1 amide bonds. The highest BCUT2D eigenvalue weighted by Gasteiger charge is 2.27. The second-order valence-electron chi connectivity index (χ2n) is 6.56. The third-order valence-corrected chi connectivity index (χ3v) is 6.76. The van der Waals surface area contributed by atoms with Gasteiger partial charge in [-0.25, -0.2) is 8.42 Å². The van der Waals surface area contributed by atoms with E-state index in [0.29, 0.717) is 16.8 Å². The highest BCUT2D eigenvalue weighted by atomic mass is 35.5. The van der Waals surface area contributed by atoms with Crippen molar-refractivity contribution in [1.82, 2.24) is 14.6 Å². The lowest BCUT2D eigenvalue weighted by Gasteiger charge is -2.22. The van der Waals surface area contributed by atoms with Gasteiger partial charge in [-0.05, 0) is 30.2 Å². The van der Waals surface area contributed by atoms with Crippen molar-refractivity contribution in [2.45, 2.75) is 24.8 Å². The first kappa shape index (κ1) is 21.2. The molecule has 0 fully saturated rings. The number of nitrogens with one attached hydrogen (secondary N) is 1. The summed E-state index contributed by atoms with van der Waals surface area (Å²) in [6.45, 7) is 2.08. The quantitative estimate of drug-likeness (QED) is 0.591. The normalized spacial score (nSPS) is 11.7. The van der Waals surface area contributed by atoms with Crippen LogP contribution in [0.5, 0.6) is 0 Å². The zero-order valence-electron chi connectivity index (χ0n) is 16.0. The molecule has 1 aromatic heterocycles. The van der Waals surface area contributed by atoms with E-state index in [0.717, 1.165) is 10.9 Å². The van der Waals surface area contributed by atoms with E-state index in [1.807, 2.05) is 31.2 Å². The minimum Gasteiger partial charge on any atom is -0.351 e. The fourth-order valence-electron chi connectivity index (χ4n) is 3.04. The predicted octanol–water partition coefficient (Wildman–Crippen LogP) is 3.61. The number of carbonyl (C=O) groups excluding carboxylic acids is 1. The van der Waals surface area contributed by atoms with Crippen LogP contribution in [-0.2, 0) is 21.4 Å². The van der Waals surface area contributed by atoms with Crippen LogP contribution in [0.15, 0.2) is 65.8 Å². The maximum Gasteiger partial charge on any atom is 0.244 e. The molecule has 6 nitrogen and oxygen atoms in total. The van der Waals surface area contributed by atoms with E-state index in [2.05, 4.69) is 10.3 Å². The Kier molecular flexibility index (Phi) is 6.84. The van der Waals surface area contributed by atoms with Crippen LogP contribution in [0, 0.1) is 0 Å². The lowest BCUT2D eigenvalue weighted by atomic mass is 10.2. The molecule has 0 aliphatic rings. The van der Waals surface area contributed by atoms with Gasteiger partial charge in [0.2, 0.25) is 15.9 Å². The third kappa shape index (κ3) is 4.93. The van der Waals surface area contributed by atoms with Crippen LogP contribution < -0.4 is 5.32 Å². The largest absolute Gasteiger partial charge is 0.351 e. The number of nitrogens with zero attached hydrogens (tertiary/aromatic N) is 2. The molecule has 0 saturated heterocycles. The summed E-state index contributed by atoms with van der Waals surface area (Å²) in [5.41, 5.74) is 0.772. The van der Waals surface area contributed by atoms with E-state index in [-0.39, 0.29) is 30.4 Å². The zero-order valence-corrected chi connectivity index (χ0v) is 17.6. The fraction of sp³-hybridized carbons (Fsp3) is 0.238. The molecule has 152 valence electrons. The van der Waals surface area contributed by atoms with E-state index in [4.69, 9.17) is 11.6 Å². The smallest absolute Gasteiger partial charge is 0.244 e. The average molecular weight is 432 g/mol. The summed E-state index contributed by atoms with van der Waals surface area (Å²) in [6.07, 6.45) is 3.76. The minimum atomic E-state index is -3.86. The van der Waals surface area contributed by atoms with E-state index < -0.39 is 10.0 Å². The van der Waals surface area contributed by atoms with Gasteiger partial charge >= 0.3 is 0 Å². The number of rotatable bonds is 8. The Morgan fingerprint density at radius 1 is 1.14 bits per heavy atom. The molecule has 0 saturated carbocycles. The molecule has 1 N–H and O–H groups in total. The van der Waals surface area contributed by atoms with Crippen molar-refractivity contribution >= 4 is 38.3 Å². The Morgan fingerprint density at radius 3 is 2.69 bits per heavy atom. The number of pyridine rings is 1. The molecule has 0 aliphatic carbocycles. The first-order chi connectivity index (χ1) is 13.9. The van der Waals surface area contributed by atoms with Crippen LogP contribution in [-0.4, -0.2) is 36.7 Å². The van der Waals surface area contributed by atoms with Gasteiger partial charge in [0.25, 0.3) is 0 Å². The molecule has 8 heteroatoms. The molecule has 1 heterocycles. The highest BCUT2D eigenvalue weighted by molar-refractivity contribution is 7.89. The fourth-order valence-corrected chi connectivity index (χ4v) is 4.95. The van der Waals surface area contributed by atoms with Gasteiger partial charge in [-0.15, -0.1) is 0 Å². The number of hydrogen-bond donors (Lipinski definition) is 1. The number of halogens is 1. The Labute approximate surface area is 175 Å². The number of benzene rings is 2.